The Bertz CT molecular complexity index is 1350. The van der Waals surface area contributed by atoms with E-state index in [2.05, 4.69) is 25.9 Å². The number of allylic oxidation sites excluding steroid dienone is 2. The lowest BCUT2D eigenvalue weighted by Gasteiger charge is -2.22. The number of aromatic nitrogens is 2. The number of carbonyl (C=O) groups excluding carboxylic acids is 2. The molecule has 2 aliphatic heterocycles. The standard InChI is InChI=1S/C25H23ClFN5O2/c26-19-13-30-23-8-20(27)16(7-18(19)23)12-31-25(34)17-6-15(9-28-11-17)5-14-1-2-21(29-10-14)22-3-4-24(33)32-22/h1-2,6-9,11,13,22,29-30H,3-5,10,12H2,(H,31,34)(H,32,33). The van der Waals surface area contributed by atoms with E-state index in [-0.39, 0.29) is 24.4 Å². The molecule has 0 aliphatic carbocycles. The van der Waals surface area contributed by atoms with Crippen molar-refractivity contribution in [2.24, 2.45) is 0 Å². The third kappa shape index (κ3) is 4.68. The Labute approximate surface area is 200 Å². The third-order valence-corrected chi connectivity index (χ3v) is 6.43. The topological polar surface area (TPSA) is 98.9 Å². The van der Waals surface area contributed by atoms with Gasteiger partial charge in [-0.05, 0) is 48.3 Å². The van der Waals surface area contributed by atoms with Gasteiger partial charge in [0.15, 0.2) is 0 Å². The molecule has 1 saturated heterocycles. The minimum absolute atomic E-state index is 0.0344. The number of hydrogen-bond donors (Lipinski definition) is 4. The van der Waals surface area contributed by atoms with Crippen LogP contribution in [0.5, 0.6) is 0 Å². The maximum atomic E-state index is 14.4. The number of halogens is 2. The quantitative estimate of drug-likeness (QED) is 0.434. The van der Waals surface area contributed by atoms with Gasteiger partial charge in [0.25, 0.3) is 5.91 Å². The molecule has 1 aromatic carbocycles. The Morgan fingerprint density at radius 2 is 2.12 bits per heavy atom. The van der Waals surface area contributed by atoms with E-state index in [4.69, 9.17) is 11.6 Å². The summed E-state index contributed by atoms with van der Waals surface area (Å²) in [5.74, 6) is -0.663. The Hall–Kier alpha value is -3.65. The Morgan fingerprint density at radius 3 is 2.88 bits per heavy atom. The molecule has 5 rings (SSSR count). The summed E-state index contributed by atoms with van der Waals surface area (Å²) in [7, 11) is 0. The zero-order chi connectivity index (χ0) is 23.7. The Kier molecular flexibility index (Phi) is 6.06. The molecule has 0 radical (unpaired) electrons. The number of nitrogens with one attached hydrogen (secondary N) is 4. The van der Waals surface area contributed by atoms with Crippen molar-refractivity contribution in [1.82, 2.24) is 25.9 Å². The number of pyridine rings is 1. The van der Waals surface area contributed by atoms with Crippen molar-refractivity contribution >= 4 is 34.3 Å². The predicted octanol–water partition coefficient (Wildman–Crippen LogP) is 3.52. The maximum Gasteiger partial charge on any atom is 0.253 e. The summed E-state index contributed by atoms with van der Waals surface area (Å²) < 4.78 is 14.4. The fraction of sp³-hybridized carbons (Fsp3) is 0.240. The SMILES string of the molecule is O=C1CCC(C2=CC=C(Cc3cncc(C(=O)NCc4cc5c(Cl)c[nH]c5cc4F)c3)CN2)N1. The van der Waals surface area contributed by atoms with Crippen LogP contribution < -0.4 is 16.0 Å². The van der Waals surface area contributed by atoms with Crippen molar-refractivity contribution in [3.05, 3.63) is 87.7 Å². The van der Waals surface area contributed by atoms with Crippen molar-refractivity contribution in [3.8, 4) is 0 Å². The first-order valence-electron chi connectivity index (χ1n) is 11.1. The first-order valence-corrected chi connectivity index (χ1v) is 11.4. The molecule has 2 aromatic heterocycles. The second-order valence-electron chi connectivity index (χ2n) is 8.53. The molecule has 2 aliphatic rings. The molecule has 34 heavy (non-hydrogen) atoms. The largest absolute Gasteiger partial charge is 0.383 e. The van der Waals surface area contributed by atoms with Gasteiger partial charge in [0.1, 0.15) is 5.82 Å². The van der Waals surface area contributed by atoms with Crippen LogP contribution in [0.15, 0.2) is 60.2 Å². The van der Waals surface area contributed by atoms with E-state index in [1.54, 1.807) is 24.5 Å². The molecular weight excluding hydrogens is 457 g/mol. The summed E-state index contributed by atoms with van der Waals surface area (Å²) in [5.41, 5.74) is 4.44. The minimum atomic E-state index is -0.417. The monoisotopic (exact) mass is 479 g/mol. The predicted molar refractivity (Wildman–Crippen MR) is 128 cm³/mol. The van der Waals surface area contributed by atoms with Crippen LogP contribution in [-0.2, 0) is 17.8 Å². The first-order chi connectivity index (χ1) is 16.5. The van der Waals surface area contributed by atoms with Gasteiger partial charge in [0.2, 0.25) is 5.91 Å². The molecule has 174 valence electrons. The van der Waals surface area contributed by atoms with Crippen LogP contribution in [0.25, 0.3) is 10.9 Å². The molecule has 3 aromatic rings. The maximum absolute atomic E-state index is 14.4. The van der Waals surface area contributed by atoms with E-state index in [0.29, 0.717) is 46.4 Å². The molecule has 9 heteroatoms. The first kappa shape index (κ1) is 22.2. The summed E-state index contributed by atoms with van der Waals surface area (Å²) >= 11 is 6.12. The highest BCUT2D eigenvalue weighted by Gasteiger charge is 2.25. The molecular formula is C25H23ClFN5O2. The van der Waals surface area contributed by atoms with Crippen molar-refractivity contribution in [2.45, 2.75) is 31.8 Å². The van der Waals surface area contributed by atoms with Crippen LogP contribution in [0.4, 0.5) is 4.39 Å². The summed E-state index contributed by atoms with van der Waals surface area (Å²) in [4.78, 5) is 31.3. The van der Waals surface area contributed by atoms with E-state index >= 15 is 0 Å². The van der Waals surface area contributed by atoms with E-state index in [0.717, 1.165) is 23.3 Å². The zero-order valence-electron chi connectivity index (χ0n) is 18.3. The highest BCUT2D eigenvalue weighted by atomic mass is 35.5. The molecule has 0 saturated carbocycles. The molecule has 4 heterocycles. The van der Waals surface area contributed by atoms with Gasteiger partial charge >= 0.3 is 0 Å². The van der Waals surface area contributed by atoms with Crippen LogP contribution in [0.3, 0.4) is 0 Å². The van der Waals surface area contributed by atoms with Gasteiger partial charge in [-0.1, -0.05) is 17.7 Å². The number of carbonyl (C=O) groups is 2. The van der Waals surface area contributed by atoms with E-state index in [1.165, 1.54) is 12.3 Å². The molecule has 7 nitrogen and oxygen atoms in total. The second-order valence-corrected chi connectivity index (χ2v) is 8.93. The number of aromatic amines is 1. The van der Waals surface area contributed by atoms with Crippen molar-refractivity contribution in [1.29, 1.82) is 0 Å². The van der Waals surface area contributed by atoms with Crippen LogP contribution in [-0.4, -0.2) is 34.4 Å². The number of fused-ring (bicyclic) bond motifs is 1. The molecule has 2 amide bonds. The second kappa shape index (κ2) is 9.30. The fourth-order valence-electron chi connectivity index (χ4n) is 4.29. The van der Waals surface area contributed by atoms with E-state index < -0.39 is 5.82 Å². The number of rotatable bonds is 6. The van der Waals surface area contributed by atoms with Crippen LogP contribution >= 0.6 is 11.6 Å². The number of dihydropyridines is 1. The zero-order valence-corrected chi connectivity index (χ0v) is 19.0. The van der Waals surface area contributed by atoms with Gasteiger partial charge in [0.05, 0.1) is 16.6 Å². The molecule has 1 atom stereocenters. The lowest BCUT2D eigenvalue weighted by Crippen LogP contribution is -2.35. The van der Waals surface area contributed by atoms with Gasteiger partial charge in [-0.25, -0.2) is 4.39 Å². The van der Waals surface area contributed by atoms with Gasteiger partial charge in [0, 0.05) is 60.3 Å². The van der Waals surface area contributed by atoms with Crippen molar-refractivity contribution in [3.63, 3.8) is 0 Å². The molecule has 4 N–H and O–H groups in total. The number of benzene rings is 1. The number of amides is 2. The van der Waals surface area contributed by atoms with Gasteiger partial charge in [-0.15, -0.1) is 0 Å². The molecule has 1 fully saturated rings. The van der Waals surface area contributed by atoms with Gasteiger partial charge in [-0.3, -0.25) is 14.6 Å². The third-order valence-electron chi connectivity index (χ3n) is 6.11. The summed E-state index contributed by atoms with van der Waals surface area (Å²) in [6.45, 7) is 0.699. The lowest BCUT2D eigenvalue weighted by molar-refractivity contribution is -0.119. The van der Waals surface area contributed by atoms with E-state index in [9.17, 15) is 14.0 Å². The number of nitrogens with zero attached hydrogens (tertiary/aromatic N) is 1. The highest BCUT2D eigenvalue weighted by Crippen LogP contribution is 2.26. The van der Waals surface area contributed by atoms with Crippen molar-refractivity contribution < 1.29 is 14.0 Å². The average Bonchev–Trinajstić information content (AvgIpc) is 3.43. The van der Waals surface area contributed by atoms with Crippen LogP contribution in [0, 0.1) is 5.82 Å². The lowest BCUT2D eigenvalue weighted by atomic mass is 10.0. The van der Waals surface area contributed by atoms with Crippen LogP contribution in [0.1, 0.15) is 34.3 Å². The van der Waals surface area contributed by atoms with Gasteiger partial charge in [-0.2, -0.15) is 0 Å². The van der Waals surface area contributed by atoms with Crippen molar-refractivity contribution in [2.75, 3.05) is 6.54 Å². The molecule has 0 bridgehead atoms. The Balaban J connectivity index is 1.23. The summed E-state index contributed by atoms with van der Waals surface area (Å²) in [6, 6.07) is 4.86. The molecule has 0 spiro atoms. The minimum Gasteiger partial charge on any atom is -0.383 e. The Morgan fingerprint density at radius 1 is 1.24 bits per heavy atom. The summed E-state index contributed by atoms with van der Waals surface area (Å²) in [6.07, 6.45) is 10.9. The smallest absolute Gasteiger partial charge is 0.253 e. The van der Waals surface area contributed by atoms with Gasteiger partial charge < -0.3 is 20.9 Å². The van der Waals surface area contributed by atoms with E-state index in [1.807, 2.05) is 12.2 Å². The van der Waals surface area contributed by atoms with Crippen LogP contribution in [0.2, 0.25) is 5.02 Å². The molecule has 1 unspecified atom stereocenters. The number of hydrogen-bond acceptors (Lipinski definition) is 4. The number of H-pyrrole nitrogens is 1. The fourth-order valence-corrected chi connectivity index (χ4v) is 4.50. The average molecular weight is 480 g/mol. The highest BCUT2D eigenvalue weighted by molar-refractivity contribution is 6.35. The normalized spacial score (nSPS) is 17.7. The summed E-state index contributed by atoms with van der Waals surface area (Å²) in [5, 5.41) is 10.3.